The molecule has 0 aliphatic carbocycles. The van der Waals surface area contributed by atoms with E-state index in [1.54, 1.807) is 16.6 Å². The van der Waals surface area contributed by atoms with Crippen molar-refractivity contribution in [1.29, 1.82) is 0 Å². The number of nitrogens with one attached hydrogen (secondary N) is 1. The topological polar surface area (TPSA) is 51.1 Å². The molecule has 4 nitrogen and oxygen atoms in total. The van der Waals surface area contributed by atoms with Crippen molar-refractivity contribution < 1.29 is 9.59 Å². The van der Waals surface area contributed by atoms with Gasteiger partial charge in [0.1, 0.15) is 11.6 Å². The number of anilines is 1. The van der Waals surface area contributed by atoms with Gasteiger partial charge in [0.2, 0.25) is 0 Å². The van der Waals surface area contributed by atoms with Gasteiger partial charge in [-0.3, -0.25) is 4.79 Å². The van der Waals surface area contributed by atoms with Crippen LogP contribution in [0, 0.1) is 0 Å². The third-order valence-electron chi connectivity index (χ3n) is 2.78. The van der Waals surface area contributed by atoms with Crippen molar-refractivity contribution in [2.75, 3.05) is 5.32 Å². The van der Waals surface area contributed by atoms with E-state index in [9.17, 15) is 9.59 Å². The fourth-order valence-electron chi connectivity index (χ4n) is 1.83. The van der Waals surface area contributed by atoms with Crippen molar-refractivity contribution in [2.24, 2.45) is 7.05 Å². The highest BCUT2D eigenvalue weighted by Gasteiger charge is 2.08. The van der Waals surface area contributed by atoms with Crippen molar-refractivity contribution >= 4 is 17.5 Å². The Morgan fingerprint density at radius 1 is 1.37 bits per heavy atom. The Hall–Kier alpha value is -2.58. The summed E-state index contributed by atoms with van der Waals surface area (Å²) in [6, 6.07) is 11.0. The van der Waals surface area contributed by atoms with Gasteiger partial charge in [-0.05, 0) is 29.8 Å². The second kappa shape index (κ2) is 5.85. The van der Waals surface area contributed by atoms with Crippen molar-refractivity contribution in [3.63, 3.8) is 0 Å². The van der Waals surface area contributed by atoms with Crippen molar-refractivity contribution in [2.45, 2.75) is 6.42 Å². The van der Waals surface area contributed by atoms with Crippen molar-refractivity contribution in [3.05, 3.63) is 59.9 Å². The summed E-state index contributed by atoms with van der Waals surface area (Å²) in [7, 11) is 1.82. The maximum absolute atomic E-state index is 12.0. The first-order chi connectivity index (χ1) is 9.20. The van der Waals surface area contributed by atoms with Gasteiger partial charge in [0, 0.05) is 31.4 Å². The van der Waals surface area contributed by atoms with Gasteiger partial charge in [0.15, 0.2) is 0 Å². The summed E-state index contributed by atoms with van der Waals surface area (Å²) in [6.45, 7) is 0. The quantitative estimate of drug-likeness (QED) is 0.850. The summed E-state index contributed by atoms with van der Waals surface area (Å²) in [5, 5.41) is 2.83. The Morgan fingerprint density at radius 3 is 2.89 bits per heavy atom. The average Bonchev–Trinajstić information content (AvgIpc) is 2.83. The summed E-state index contributed by atoms with van der Waals surface area (Å²) in [5.74, 6) is 1.58. The molecule has 0 spiro atoms. The summed E-state index contributed by atoms with van der Waals surface area (Å²) < 4.78 is 1.76. The lowest BCUT2D eigenvalue weighted by Crippen LogP contribution is -2.15. The van der Waals surface area contributed by atoms with Crippen LogP contribution in [0.25, 0.3) is 0 Å². The zero-order valence-electron chi connectivity index (χ0n) is 10.6. The number of nitrogens with zero attached hydrogens (tertiary/aromatic N) is 1. The Balaban J connectivity index is 2.13. The molecule has 1 amide bonds. The molecular weight excluding hydrogens is 240 g/mol. The van der Waals surface area contributed by atoms with Gasteiger partial charge in [-0.15, -0.1) is 0 Å². The van der Waals surface area contributed by atoms with E-state index in [1.807, 2.05) is 43.6 Å². The van der Waals surface area contributed by atoms with E-state index in [0.717, 1.165) is 5.56 Å². The minimum absolute atomic E-state index is 0.157. The second-order valence-corrected chi connectivity index (χ2v) is 4.18. The molecule has 0 saturated heterocycles. The normalized spacial score (nSPS) is 9.74. The Kier molecular flexibility index (Phi) is 3.96. The zero-order chi connectivity index (χ0) is 13.7. The first kappa shape index (κ1) is 12.9. The summed E-state index contributed by atoms with van der Waals surface area (Å²) in [6.07, 6.45) is 3.75. The van der Waals surface area contributed by atoms with E-state index in [4.69, 9.17) is 0 Å². The Morgan fingerprint density at radius 2 is 2.21 bits per heavy atom. The molecule has 19 heavy (non-hydrogen) atoms. The number of amides is 1. The fourth-order valence-corrected chi connectivity index (χ4v) is 1.83. The molecule has 2 rings (SSSR count). The molecule has 1 aromatic carbocycles. The molecule has 0 fully saturated rings. The number of carbonyl (C=O) groups is 1. The van der Waals surface area contributed by atoms with E-state index in [-0.39, 0.29) is 5.91 Å². The molecule has 96 valence electrons. The van der Waals surface area contributed by atoms with Gasteiger partial charge in [0.25, 0.3) is 5.91 Å². The molecular formula is C15H14N2O2. The van der Waals surface area contributed by atoms with Crippen molar-refractivity contribution in [3.8, 4) is 0 Å². The number of allylic oxidation sites excluding steroid dienone is 1. The molecule has 0 unspecified atom stereocenters. The predicted octanol–water partition coefficient (Wildman–Crippen LogP) is 2.21. The number of hydrogen-bond acceptors (Lipinski definition) is 2. The van der Waals surface area contributed by atoms with Gasteiger partial charge in [-0.1, -0.05) is 12.1 Å². The highest BCUT2D eigenvalue weighted by atomic mass is 16.2. The number of rotatable bonds is 4. The largest absolute Gasteiger partial charge is 0.347 e. The summed E-state index contributed by atoms with van der Waals surface area (Å²) >= 11 is 0. The molecule has 0 radical (unpaired) electrons. The molecule has 1 N–H and O–H groups in total. The molecule has 1 aromatic heterocycles. The minimum Gasteiger partial charge on any atom is -0.347 e. The highest BCUT2D eigenvalue weighted by molar-refractivity contribution is 6.03. The van der Waals surface area contributed by atoms with Gasteiger partial charge in [0.05, 0.1) is 0 Å². The lowest BCUT2D eigenvalue weighted by molar-refractivity contribution is 0.101. The number of hydrogen-bond donors (Lipinski definition) is 1. The molecule has 0 aliphatic rings. The Labute approximate surface area is 111 Å². The van der Waals surface area contributed by atoms with Crippen molar-refractivity contribution in [1.82, 2.24) is 4.57 Å². The molecule has 4 heteroatoms. The summed E-state index contributed by atoms with van der Waals surface area (Å²) in [5.41, 5.74) is 2.26. The molecule has 0 saturated carbocycles. The lowest BCUT2D eigenvalue weighted by atomic mass is 10.1. The van der Waals surface area contributed by atoms with Crippen LogP contribution in [0.5, 0.6) is 0 Å². The fraction of sp³-hybridized carbons (Fsp3) is 0.133. The second-order valence-electron chi connectivity index (χ2n) is 4.18. The third kappa shape index (κ3) is 3.21. The molecule has 0 aliphatic heterocycles. The number of aryl methyl sites for hydroxylation is 1. The molecule has 2 aromatic rings. The van der Waals surface area contributed by atoms with Crippen LogP contribution in [-0.4, -0.2) is 16.4 Å². The molecule has 1 heterocycles. The molecule has 0 bridgehead atoms. The van der Waals surface area contributed by atoms with Crippen LogP contribution in [0.1, 0.15) is 16.1 Å². The van der Waals surface area contributed by atoms with Crippen LogP contribution in [0.15, 0.2) is 48.7 Å². The predicted molar refractivity (Wildman–Crippen MR) is 73.8 cm³/mol. The van der Waals surface area contributed by atoms with Gasteiger partial charge in [-0.2, -0.15) is 0 Å². The van der Waals surface area contributed by atoms with E-state index in [2.05, 4.69) is 5.32 Å². The van der Waals surface area contributed by atoms with Crippen LogP contribution < -0.4 is 5.32 Å². The van der Waals surface area contributed by atoms with E-state index < -0.39 is 0 Å². The van der Waals surface area contributed by atoms with Gasteiger partial charge >= 0.3 is 0 Å². The van der Waals surface area contributed by atoms with Gasteiger partial charge in [-0.25, -0.2) is 4.79 Å². The first-order valence-electron chi connectivity index (χ1n) is 5.91. The smallest absolute Gasteiger partial charge is 0.272 e. The highest BCUT2D eigenvalue weighted by Crippen LogP contribution is 2.13. The third-order valence-corrected chi connectivity index (χ3v) is 2.78. The average molecular weight is 254 g/mol. The van der Waals surface area contributed by atoms with Gasteiger partial charge < -0.3 is 9.88 Å². The van der Waals surface area contributed by atoms with Crippen LogP contribution in [0.4, 0.5) is 5.69 Å². The summed E-state index contributed by atoms with van der Waals surface area (Å²) in [4.78, 5) is 22.2. The first-order valence-corrected chi connectivity index (χ1v) is 5.91. The van der Waals surface area contributed by atoms with E-state index in [1.165, 1.54) is 6.08 Å². The standard InChI is InChI=1S/C15H14N2O2/c1-17-9-3-8-14(17)15(19)16-13-7-2-5-12(11-13)6-4-10-18/h2-5,7-9,11H,6H2,1H3,(H,16,19). The minimum atomic E-state index is -0.157. The monoisotopic (exact) mass is 254 g/mol. The number of aromatic nitrogens is 1. The van der Waals surface area contributed by atoms with Crippen LogP contribution >= 0.6 is 0 Å². The van der Waals surface area contributed by atoms with Crippen LogP contribution in [0.3, 0.4) is 0 Å². The lowest BCUT2D eigenvalue weighted by Gasteiger charge is -2.07. The van der Waals surface area contributed by atoms with E-state index in [0.29, 0.717) is 17.8 Å². The molecule has 0 atom stereocenters. The number of carbonyl (C=O) groups excluding carboxylic acids is 2. The Bertz CT molecular complexity index is 637. The van der Waals surface area contributed by atoms with E-state index >= 15 is 0 Å². The zero-order valence-corrected chi connectivity index (χ0v) is 10.6. The van der Waals surface area contributed by atoms with Crippen LogP contribution in [0.2, 0.25) is 0 Å². The maximum Gasteiger partial charge on any atom is 0.272 e. The maximum atomic E-state index is 12.0. The van der Waals surface area contributed by atoms with Crippen LogP contribution in [-0.2, 0) is 18.3 Å². The SMILES string of the molecule is Cn1cccc1C(=O)Nc1cccc(CC=C=O)c1. The number of benzene rings is 1.